The molecule has 6 rings (SSSR count). The van der Waals surface area contributed by atoms with Crippen LogP contribution >= 0.6 is 0 Å². The monoisotopic (exact) mass is 537 g/mol. The summed E-state index contributed by atoms with van der Waals surface area (Å²) in [4.78, 5) is 0. The Labute approximate surface area is 229 Å². The molecule has 0 saturated carbocycles. The molecule has 0 bridgehead atoms. The molecule has 6 aromatic rings. The molecule has 2 unspecified atom stereocenters. The van der Waals surface area contributed by atoms with E-state index in [-0.39, 0.29) is 0 Å². The lowest BCUT2D eigenvalue weighted by molar-refractivity contribution is 1.71. The Morgan fingerprint density at radius 2 is 0.737 bits per heavy atom. The molecule has 38 heavy (non-hydrogen) atoms. The number of benzene rings is 6. The minimum absolute atomic E-state index is 0.976. The van der Waals surface area contributed by atoms with Gasteiger partial charge in [0, 0.05) is 0 Å². The maximum Gasteiger partial charge on any atom is -0.0186 e. The fourth-order valence-electron chi connectivity index (χ4n) is 6.51. The summed E-state index contributed by atoms with van der Waals surface area (Å²) in [5, 5.41) is 11.9. The minimum atomic E-state index is -2.19. The maximum atomic E-state index is 2.69. The molecule has 0 aliphatic rings. The Hall–Kier alpha value is -3.51. The highest BCUT2D eigenvalue weighted by atomic mass is 29.6. The summed E-state index contributed by atoms with van der Waals surface area (Å²) >= 11 is 0. The van der Waals surface area contributed by atoms with Crippen LogP contribution in [0.3, 0.4) is 0 Å². The third-order valence-electron chi connectivity index (χ3n) is 8.86. The highest BCUT2D eigenvalue weighted by Gasteiger charge is 2.40. The van der Waals surface area contributed by atoms with E-state index in [4.69, 9.17) is 0 Å². The summed E-state index contributed by atoms with van der Waals surface area (Å²) in [7, 11) is -5.36. The third kappa shape index (κ3) is 3.93. The van der Waals surface area contributed by atoms with Gasteiger partial charge in [-0.2, -0.15) is 6.55 Å². The molecule has 0 aliphatic carbocycles. The molecule has 0 aliphatic heterocycles. The second-order valence-electron chi connectivity index (χ2n) is 10.7. The van der Waals surface area contributed by atoms with Crippen molar-refractivity contribution in [3.05, 3.63) is 146 Å². The van der Waals surface area contributed by atoms with Gasteiger partial charge in [0.2, 0.25) is 0 Å². The second-order valence-corrected chi connectivity index (χ2v) is 30.6. The van der Waals surface area contributed by atoms with Crippen LogP contribution in [0.1, 0.15) is 0 Å². The lowest BCUT2D eigenvalue weighted by Crippen LogP contribution is -2.80. The highest BCUT2D eigenvalue weighted by molar-refractivity contribution is 7.71. The number of hydrogen-bond acceptors (Lipinski definition) is 0. The minimum Gasteiger partial charge on any atom is -0.235 e. The van der Waals surface area contributed by atoms with Crippen LogP contribution in [0.2, 0.25) is 19.6 Å². The Morgan fingerprint density at radius 1 is 0.395 bits per heavy atom. The van der Waals surface area contributed by atoms with Crippen molar-refractivity contribution in [1.29, 1.82) is 0 Å². The standard InChI is InChI=1S/C35H33Si3/c1-36(37(2,30-20-6-4-7-21-30)34-26-14-18-28-16-10-12-24-32(28)34)38(3,31-22-8-5-9-23-31)35-27-15-19-29-17-11-13-25-33(29)35/h4-27H,1-3H3/q-1. The van der Waals surface area contributed by atoms with E-state index in [1.165, 1.54) is 21.5 Å². The first kappa shape index (κ1) is 24.8. The lowest BCUT2D eigenvalue weighted by atomic mass is 10.1. The molecule has 0 radical (unpaired) electrons. The molecule has 3 heteroatoms. The van der Waals surface area contributed by atoms with Crippen molar-refractivity contribution < 1.29 is 0 Å². The summed E-state index contributed by atoms with van der Waals surface area (Å²) in [6, 6.07) is 55.1. The zero-order chi connectivity index (χ0) is 26.2. The first-order valence-electron chi connectivity index (χ1n) is 13.5. The summed E-state index contributed by atoms with van der Waals surface area (Å²) in [5.74, 6) is 0. The van der Waals surface area contributed by atoms with Crippen LogP contribution in [-0.2, 0) is 0 Å². The van der Waals surface area contributed by atoms with E-state index in [0.717, 1.165) is 0 Å². The smallest absolute Gasteiger partial charge is 0.0186 e. The van der Waals surface area contributed by atoms with E-state index >= 15 is 0 Å². The van der Waals surface area contributed by atoms with E-state index in [1.807, 2.05) is 0 Å². The van der Waals surface area contributed by atoms with Gasteiger partial charge < -0.3 is 0 Å². The molecule has 0 N–H and O–H groups in total. The Kier molecular flexibility index (Phi) is 6.52. The van der Waals surface area contributed by atoms with Crippen LogP contribution in [0.5, 0.6) is 0 Å². The molecule has 0 amide bonds. The quantitative estimate of drug-likeness (QED) is 0.217. The predicted molar refractivity (Wildman–Crippen MR) is 174 cm³/mol. The van der Waals surface area contributed by atoms with Crippen molar-refractivity contribution in [2.24, 2.45) is 0 Å². The van der Waals surface area contributed by atoms with Crippen molar-refractivity contribution in [2.75, 3.05) is 0 Å². The van der Waals surface area contributed by atoms with Crippen LogP contribution < -0.4 is 20.7 Å². The predicted octanol–water partition coefficient (Wildman–Crippen LogP) is 6.36. The van der Waals surface area contributed by atoms with E-state index < -0.39 is 23.0 Å². The molecule has 0 aromatic heterocycles. The average Bonchev–Trinajstić information content (AvgIpc) is 3.00. The molecule has 0 heterocycles. The molecular weight excluding hydrogens is 505 g/mol. The Morgan fingerprint density at radius 3 is 1.16 bits per heavy atom. The normalized spacial score (nSPS) is 14.8. The molecule has 0 spiro atoms. The Balaban J connectivity index is 1.70. The molecule has 0 saturated heterocycles. The van der Waals surface area contributed by atoms with Gasteiger partial charge in [-0.15, -0.1) is 0 Å². The van der Waals surface area contributed by atoms with Gasteiger partial charge in [0.25, 0.3) is 0 Å². The van der Waals surface area contributed by atoms with Crippen LogP contribution in [0, 0.1) is 0 Å². The van der Waals surface area contributed by atoms with Crippen LogP contribution in [0.15, 0.2) is 146 Å². The van der Waals surface area contributed by atoms with Crippen LogP contribution in [-0.4, -0.2) is 23.0 Å². The van der Waals surface area contributed by atoms with Crippen molar-refractivity contribution >= 4 is 65.3 Å². The molecule has 6 aromatic carbocycles. The first-order chi connectivity index (χ1) is 18.5. The largest absolute Gasteiger partial charge is 0.235 e. The summed E-state index contributed by atoms with van der Waals surface area (Å²) in [6.45, 7) is 8.04. The van der Waals surface area contributed by atoms with Crippen LogP contribution in [0.4, 0.5) is 0 Å². The van der Waals surface area contributed by atoms with E-state index in [9.17, 15) is 0 Å². The number of fused-ring (bicyclic) bond motifs is 2. The second kappa shape index (κ2) is 9.99. The van der Waals surface area contributed by atoms with Gasteiger partial charge in [0.15, 0.2) is 0 Å². The fraction of sp³-hybridized carbons (Fsp3) is 0.0857. The van der Waals surface area contributed by atoms with Gasteiger partial charge in [-0.1, -0.05) is 179 Å². The van der Waals surface area contributed by atoms with Crippen molar-refractivity contribution in [3.8, 4) is 0 Å². The third-order valence-corrected chi connectivity index (χ3v) is 39.2. The number of hydrogen-bond donors (Lipinski definition) is 0. The maximum absolute atomic E-state index is 2.69. The molecule has 0 nitrogen and oxygen atoms in total. The van der Waals surface area contributed by atoms with Gasteiger partial charge in [-0.3, -0.25) is 0 Å². The average molecular weight is 538 g/mol. The van der Waals surface area contributed by atoms with E-state index in [2.05, 4.69) is 165 Å². The van der Waals surface area contributed by atoms with E-state index in [1.54, 1.807) is 20.7 Å². The number of rotatable bonds is 6. The van der Waals surface area contributed by atoms with Crippen LogP contribution in [0.25, 0.3) is 21.5 Å². The van der Waals surface area contributed by atoms with Crippen molar-refractivity contribution in [2.45, 2.75) is 19.6 Å². The SMILES string of the molecule is C[Si-]([Si](C)(c1ccccc1)c1cccc2ccccc12)[Si](C)(c1ccccc1)c1cccc2ccccc12. The molecule has 2 atom stereocenters. The first-order valence-corrected chi connectivity index (χ1v) is 22.5. The van der Waals surface area contributed by atoms with Gasteiger partial charge in [0.05, 0.1) is 0 Å². The van der Waals surface area contributed by atoms with Gasteiger partial charge >= 0.3 is 0 Å². The zero-order valence-electron chi connectivity index (χ0n) is 22.4. The van der Waals surface area contributed by atoms with Crippen molar-refractivity contribution in [1.82, 2.24) is 0 Å². The summed E-state index contributed by atoms with van der Waals surface area (Å²) in [5.41, 5.74) is 0. The molecule has 0 fully saturated rings. The fourth-order valence-corrected chi connectivity index (χ4v) is 38.3. The van der Waals surface area contributed by atoms with Crippen molar-refractivity contribution in [3.63, 3.8) is 0 Å². The molecule has 186 valence electrons. The summed E-state index contributed by atoms with van der Waals surface area (Å²) in [6.07, 6.45) is 0. The Bertz CT molecular complexity index is 1570. The van der Waals surface area contributed by atoms with E-state index in [0.29, 0.717) is 0 Å². The topological polar surface area (TPSA) is 0 Å². The lowest BCUT2D eigenvalue weighted by Gasteiger charge is -2.57. The zero-order valence-corrected chi connectivity index (χ0v) is 25.4. The van der Waals surface area contributed by atoms with Gasteiger partial charge in [0.1, 0.15) is 0 Å². The summed E-state index contributed by atoms with van der Waals surface area (Å²) < 4.78 is 0. The van der Waals surface area contributed by atoms with Gasteiger partial charge in [-0.25, -0.2) is 7.83 Å². The van der Waals surface area contributed by atoms with Gasteiger partial charge in [-0.05, 0) is 36.7 Å². The highest BCUT2D eigenvalue weighted by Crippen LogP contribution is 2.25. The molecular formula is C35H33Si3-.